The molecule has 1 aliphatic heterocycles. The molecule has 2 heterocycles. The first-order chi connectivity index (χ1) is 6.86. The molecule has 0 atom stereocenters. The monoisotopic (exact) mass is 184 g/mol. The van der Waals surface area contributed by atoms with Gasteiger partial charge in [-0.05, 0) is 17.5 Å². The molecule has 14 heavy (non-hydrogen) atoms. The highest BCUT2D eigenvalue weighted by Gasteiger charge is 2.18. The molecule has 68 valence electrons. The van der Waals surface area contributed by atoms with Crippen LogP contribution < -0.4 is 5.32 Å². The number of nitrogens with one attached hydrogen (secondary N) is 1. The van der Waals surface area contributed by atoms with Gasteiger partial charge < -0.3 is 5.32 Å². The zero-order valence-corrected chi connectivity index (χ0v) is 7.45. The van der Waals surface area contributed by atoms with Crippen LogP contribution in [-0.2, 0) is 6.54 Å². The number of hydrogen-bond acceptors (Lipinski definition) is 2. The van der Waals surface area contributed by atoms with Gasteiger partial charge in [-0.3, -0.25) is 9.78 Å². The number of carbonyl (C=O) groups is 1. The van der Waals surface area contributed by atoms with Crippen molar-refractivity contribution in [1.82, 2.24) is 10.3 Å². The second-order valence-electron chi connectivity index (χ2n) is 3.34. The van der Waals surface area contributed by atoms with Crippen molar-refractivity contribution in [3.8, 4) is 0 Å². The molecule has 3 rings (SSSR count). The third-order valence-electron chi connectivity index (χ3n) is 2.53. The zero-order chi connectivity index (χ0) is 9.54. The summed E-state index contributed by atoms with van der Waals surface area (Å²) in [5, 5.41) is 4.88. The molecule has 0 aliphatic carbocycles. The molecule has 1 aromatic heterocycles. The third-order valence-corrected chi connectivity index (χ3v) is 2.53. The molecular weight excluding hydrogens is 176 g/mol. The lowest BCUT2D eigenvalue weighted by atomic mass is 10.0. The Morgan fingerprint density at radius 1 is 1.29 bits per heavy atom. The molecule has 2 aromatic rings. The number of rotatable bonds is 0. The van der Waals surface area contributed by atoms with Crippen LogP contribution in [0.1, 0.15) is 16.1 Å². The summed E-state index contributed by atoms with van der Waals surface area (Å²) in [7, 11) is 0. The fourth-order valence-electron chi connectivity index (χ4n) is 1.89. The fraction of sp³-hybridized carbons (Fsp3) is 0.0909. The predicted octanol–water partition coefficient (Wildman–Crippen LogP) is 1.48. The van der Waals surface area contributed by atoms with E-state index in [1.807, 2.05) is 24.3 Å². The van der Waals surface area contributed by atoms with Crippen molar-refractivity contribution in [3.63, 3.8) is 0 Å². The van der Waals surface area contributed by atoms with Crippen LogP contribution in [0.15, 0.2) is 30.5 Å². The Kier molecular flexibility index (Phi) is 1.36. The van der Waals surface area contributed by atoms with Crippen molar-refractivity contribution in [2.75, 3.05) is 0 Å². The average Bonchev–Trinajstić information content (AvgIpc) is 2.24. The molecular formula is C11H8N2O. The summed E-state index contributed by atoms with van der Waals surface area (Å²) in [6.07, 6.45) is 1.78. The van der Waals surface area contributed by atoms with Crippen LogP contribution in [0.2, 0.25) is 0 Å². The Balaban J connectivity index is 2.52. The van der Waals surface area contributed by atoms with Crippen molar-refractivity contribution in [2.24, 2.45) is 0 Å². The number of nitrogens with zero attached hydrogens (tertiary/aromatic N) is 1. The third kappa shape index (κ3) is 0.865. The lowest BCUT2D eigenvalue weighted by Gasteiger charge is -2.16. The van der Waals surface area contributed by atoms with Gasteiger partial charge in [-0.2, -0.15) is 0 Å². The topological polar surface area (TPSA) is 42.0 Å². The van der Waals surface area contributed by atoms with E-state index in [1.165, 1.54) is 0 Å². The highest BCUT2D eigenvalue weighted by atomic mass is 16.1. The van der Waals surface area contributed by atoms with E-state index in [2.05, 4.69) is 10.3 Å². The van der Waals surface area contributed by atoms with Crippen LogP contribution in [0, 0.1) is 0 Å². The van der Waals surface area contributed by atoms with E-state index in [0.29, 0.717) is 6.54 Å². The minimum atomic E-state index is -0.00361. The highest BCUT2D eigenvalue weighted by molar-refractivity contribution is 6.09. The van der Waals surface area contributed by atoms with E-state index in [4.69, 9.17) is 0 Å². The molecule has 0 spiro atoms. The van der Waals surface area contributed by atoms with E-state index in [1.54, 1.807) is 6.20 Å². The summed E-state index contributed by atoms with van der Waals surface area (Å²) in [5.41, 5.74) is 1.69. The maximum atomic E-state index is 11.5. The minimum Gasteiger partial charge on any atom is -0.346 e. The van der Waals surface area contributed by atoms with Crippen LogP contribution in [0.25, 0.3) is 10.8 Å². The van der Waals surface area contributed by atoms with Gasteiger partial charge in [-0.15, -0.1) is 0 Å². The molecule has 0 fully saturated rings. The summed E-state index contributed by atoms with van der Waals surface area (Å²) in [6.45, 7) is 0.535. The van der Waals surface area contributed by atoms with Crippen molar-refractivity contribution in [2.45, 2.75) is 6.54 Å². The van der Waals surface area contributed by atoms with Crippen molar-refractivity contribution < 1.29 is 4.79 Å². The van der Waals surface area contributed by atoms with Crippen LogP contribution in [0.4, 0.5) is 0 Å². The molecule has 1 aromatic carbocycles. The predicted molar refractivity (Wildman–Crippen MR) is 52.9 cm³/mol. The summed E-state index contributed by atoms with van der Waals surface area (Å²) >= 11 is 0. The standard InChI is InChI=1S/C11H8N2O/c14-11-8-3-1-2-7-4-5-12-9(6-13-11)10(7)8/h1-5H,6H2,(H,13,14). The van der Waals surface area contributed by atoms with Crippen molar-refractivity contribution in [1.29, 1.82) is 0 Å². The van der Waals surface area contributed by atoms with E-state index < -0.39 is 0 Å². The SMILES string of the molecule is O=C1NCc2nccc3cccc1c23. The van der Waals surface area contributed by atoms with Crippen molar-refractivity contribution >= 4 is 16.7 Å². The Labute approximate surface area is 80.8 Å². The number of benzene rings is 1. The summed E-state index contributed by atoms with van der Waals surface area (Å²) in [6, 6.07) is 7.66. The van der Waals surface area contributed by atoms with Gasteiger partial charge in [0.15, 0.2) is 0 Å². The van der Waals surface area contributed by atoms with Gasteiger partial charge in [0.2, 0.25) is 0 Å². The molecule has 1 amide bonds. The molecule has 1 N–H and O–H groups in total. The minimum absolute atomic E-state index is 0.00361. The van der Waals surface area contributed by atoms with E-state index in [0.717, 1.165) is 22.0 Å². The first kappa shape index (κ1) is 7.50. The number of aromatic nitrogens is 1. The molecule has 0 saturated carbocycles. The van der Waals surface area contributed by atoms with Gasteiger partial charge in [0, 0.05) is 17.1 Å². The first-order valence-electron chi connectivity index (χ1n) is 4.51. The number of carbonyl (C=O) groups excluding carboxylic acids is 1. The van der Waals surface area contributed by atoms with Gasteiger partial charge in [0.05, 0.1) is 12.2 Å². The van der Waals surface area contributed by atoms with Crippen LogP contribution in [-0.4, -0.2) is 10.9 Å². The summed E-state index contributed by atoms with van der Waals surface area (Å²) in [5.74, 6) is -0.00361. The van der Waals surface area contributed by atoms with Crippen LogP contribution >= 0.6 is 0 Å². The number of amides is 1. The van der Waals surface area contributed by atoms with Gasteiger partial charge >= 0.3 is 0 Å². The van der Waals surface area contributed by atoms with Gasteiger partial charge in [-0.25, -0.2) is 0 Å². The molecule has 0 unspecified atom stereocenters. The molecule has 0 bridgehead atoms. The molecule has 3 nitrogen and oxygen atoms in total. The number of pyridine rings is 1. The van der Waals surface area contributed by atoms with Crippen LogP contribution in [0.5, 0.6) is 0 Å². The fourth-order valence-corrected chi connectivity index (χ4v) is 1.89. The second-order valence-corrected chi connectivity index (χ2v) is 3.34. The second kappa shape index (κ2) is 2.54. The molecule has 0 saturated heterocycles. The Bertz CT molecular complexity index is 529. The number of hydrogen-bond donors (Lipinski definition) is 1. The zero-order valence-electron chi connectivity index (χ0n) is 7.45. The van der Waals surface area contributed by atoms with Gasteiger partial charge in [0.25, 0.3) is 5.91 Å². The normalized spacial score (nSPS) is 14.1. The van der Waals surface area contributed by atoms with Gasteiger partial charge in [-0.1, -0.05) is 12.1 Å². The Hall–Kier alpha value is -1.90. The maximum absolute atomic E-state index is 11.5. The van der Waals surface area contributed by atoms with E-state index >= 15 is 0 Å². The van der Waals surface area contributed by atoms with Crippen molar-refractivity contribution in [3.05, 3.63) is 41.7 Å². The first-order valence-corrected chi connectivity index (χ1v) is 4.51. The lowest BCUT2D eigenvalue weighted by molar-refractivity contribution is 0.0948. The Morgan fingerprint density at radius 2 is 2.21 bits per heavy atom. The quantitative estimate of drug-likeness (QED) is 0.673. The van der Waals surface area contributed by atoms with E-state index in [-0.39, 0.29) is 5.91 Å². The smallest absolute Gasteiger partial charge is 0.252 e. The average molecular weight is 184 g/mol. The molecule has 3 heteroatoms. The summed E-state index contributed by atoms with van der Waals surface area (Å²) in [4.78, 5) is 15.8. The Morgan fingerprint density at radius 3 is 3.14 bits per heavy atom. The van der Waals surface area contributed by atoms with Crippen LogP contribution in [0.3, 0.4) is 0 Å². The maximum Gasteiger partial charge on any atom is 0.252 e. The highest BCUT2D eigenvalue weighted by Crippen LogP contribution is 2.24. The van der Waals surface area contributed by atoms with Gasteiger partial charge in [0.1, 0.15) is 0 Å². The molecule has 0 radical (unpaired) electrons. The summed E-state index contributed by atoms with van der Waals surface area (Å²) < 4.78 is 0. The largest absolute Gasteiger partial charge is 0.346 e. The molecule has 1 aliphatic rings. The lowest BCUT2D eigenvalue weighted by Crippen LogP contribution is -2.27. The van der Waals surface area contributed by atoms with E-state index in [9.17, 15) is 4.79 Å².